The van der Waals surface area contributed by atoms with Gasteiger partial charge in [-0.3, -0.25) is 4.79 Å². The number of hydrogen-bond donors (Lipinski definition) is 1. The highest BCUT2D eigenvalue weighted by Crippen LogP contribution is 2.29. The normalized spacial score (nSPS) is 23.4. The maximum Gasteiger partial charge on any atom is 0.338 e. The molecule has 1 amide bonds. The van der Waals surface area contributed by atoms with E-state index in [9.17, 15) is 9.59 Å². The van der Waals surface area contributed by atoms with E-state index in [0.717, 1.165) is 18.5 Å². The van der Waals surface area contributed by atoms with Gasteiger partial charge in [-0.25, -0.2) is 4.79 Å². The van der Waals surface area contributed by atoms with Gasteiger partial charge in [0.15, 0.2) is 6.61 Å². The zero-order valence-corrected chi connectivity index (χ0v) is 15.0. The van der Waals surface area contributed by atoms with E-state index in [2.05, 4.69) is 19.2 Å². The van der Waals surface area contributed by atoms with Gasteiger partial charge in [0.05, 0.1) is 5.56 Å². The quantitative estimate of drug-likeness (QED) is 0.843. The Bertz CT molecular complexity index is 568. The van der Waals surface area contributed by atoms with Gasteiger partial charge in [0, 0.05) is 25.8 Å². The van der Waals surface area contributed by atoms with Crippen molar-refractivity contribution in [2.75, 3.05) is 25.6 Å². The SMILES string of the molecule is C[C@H]1[C@H](C)CCC[C@H]1NC(=O)COC(=O)c1ccc(N(C)C)cc1. The summed E-state index contributed by atoms with van der Waals surface area (Å²) in [6.07, 6.45) is 3.34. The summed E-state index contributed by atoms with van der Waals surface area (Å²) >= 11 is 0. The number of nitrogens with zero attached hydrogens (tertiary/aromatic N) is 1. The van der Waals surface area contributed by atoms with Crippen molar-refractivity contribution in [2.45, 2.75) is 39.2 Å². The highest BCUT2D eigenvalue weighted by atomic mass is 16.5. The summed E-state index contributed by atoms with van der Waals surface area (Å²) < 4.78 is 5.13. The van der Waals surface area contributed by atoms with Crippen LogP contribution in [0.25, 0.3) is 0 Å². The maximum absolute atomic E-state index is 12.0. The number of ether oxygens (including phenoxy) is 1. The van der Waals surface area contributed by atoms with Gasteiger partial charge >= 0.3 is 5.97 Å². The van der Waals surface area contributed by atoms with Crippen LogP contribution < -0.4 is 10.2 Å². The number of hydrogen-bond acceptors (Lipinski definition) is 4. The van der Waals surface area contributed by atoms with E-state index < -0.39 is 5.97 Å². The Morgan fingerprint density at radius 1 is 1.17 bits per heavy atom. The predicted octanol–water partition coefficient (Wildman–Crippen LogP) is 2.85. The van der Waals surface area contributed by atoms with Crippen LogP contribution in [0.1, 0.15) is 43.5 Å². The van der Waals surface area contributed by atoms with Crippen LogP contribution in [0, 0.1) is 11.8 Å². The lowest BCUT2D eigenvalue weighted by Gasteiger charge is -2.34. The maximum atomic E-state index is 12.0. The van der Waals surface area contributed by atoms with Gasteiger partial charge in [0.1, 0.15) is 0 Å². The van der Waals surface area contributed by atoms with Crippen molar-refractivity contribution >= 4 is 17.6 Å². The largest absolute Gasteiger partial charge is 0.452 e. The third-order valence-corrected chi connectivity index (χ3v) is 5.01. The van der Waals surface area contributed by atoms with Crippen LogP contribution in [-0.2, 0) is 9.53 Å². The summed E-state index contributed by atoms with van der Waals surface area (Å²) in [4.78, 5) is 26.0. The summed E-state index contributed by atoms with van der Waals surface area (Å²) in [5.74, 6) is 0.374. The van der Waals surface area contributed by atoms with E-state index >= 15 is 0 Å². The Morgan fingerprint density at radius 2 is 1.83 bits per heavy atom. The third kappa shape index (κ3) is 4.73. The Hall–Kier alpha value is -2.04. The van der Waals surface area contributed by atoms with E-state index in [-0.39, 0.29) is 18.6 Å². The lowest BCUT2D eigenvalue weighted by atomic mass is 9.78. The Balaban J connectivity index is 1.81. The second-order valence-electron chi connectivity index (χ2n) is 6.96. The number of benzene rings is 1. The number of carbonyl (C=O) groups is 2. The number of rotatable bonds is 5. The first kappa shape index (κ1) is 18.3. The highest BCUT2D eigenvalue weighted by molar-refractivity contribution is 5.91. The van der Waals surface area contributed by atoms with E-state index in [1.807, 2.05) is 31.1 Å². The summed E-state index contributed by atoms with van der Waals surface area (Å²) in [6.45, 7) is 4.17. The van der Waals surface area contributed by atoms with E-state index in [1.165, 1.54) is 6.42 Å². The first-order chi connectivity index (χ1) is 11.4. The number of nitrogens with one attached hydrogen (secondary N) is 1. The number of amides is 1. The molecular weight excluding hydrogens is 304 g/mol. The summed E-state index contributed by atoms with van der Waals surface area (Å²) in [5.41, 5.74) is 1.46. The standard InChI is InChI=1S/C19H28N2O3/c1-13-6-5-7-17(14(13)2)20-18(22)12-24-19(23)15-8-10-16(11-9-15)21(3)4/h8-11,13-14,17H,5-7,12H2,1-4H3,(H,20,22)/t13-,14+,17-/m1/s1. The molecule has 0 aromatic heterocycles. The molecule has 5 nitrogen and oxygen atoms in total. The first-order valence-electron chi connectivity index (χ1n) is 8.62. The molecule has 132 valence electrons. The molecule has 1 aromatic rings. The van der Waals surface area contributed by atoms with Gasteiger partial charge in [-0.2, -0.15) is 0 Å². The molecule has 0 bridgehead atoms. The molecule has 1 aromatic carbocycles. The fourth-order valence-corrected chi connectivity index (χ4v) is 3.14. The molecule has 24 heavy (non-hydrogen) atoms. The van der Waals surface area contributed by atoms with Gasteiger partial charge in [0.2, 0.25) is 0 Å². The molecule has 0 aliphatic heterocycles. The van der Waals surface area contributed by atoms with Gasteiger partial charge in [-0.15, -0.1) is 0 Å². The van der Waals surface area contributed by atoms with Crippen LogP contribution in [0.5, 0.6) is 0 Å². The lowest BCUT2D eigenvalue weighted by Crippen LogP contribution is -2.45. The van der Waals surface area contributed by atoms with Crippen LogP contribution in [0.2, 0.25) is 0 Å². The molecule has 1 N–H and O–H groups in total. The molecule has 0 spiro atoms. The van der Waals surface area contributed by atoms with Crippen LogP contribution in [0.3, 0.4) is 0 Å². The van der Waals surface area contributed by atoms with Crippen molar-refractivity contribution in [3.63, 3.8) is 0 Å². The second-order valence-corrected chi connectivity index (χ2v) is 6.96. The Morgan fingerprint density at radius 3 is 2.46 bits per heavy atom. The second kappa shape index (κ2) is 8.18. The van der Waals surface area contributed by atoms with Crippen molar-refractivity contribution in [3.8, 4) is 0 Å². The topological polar surface area (TPSA) is 58.6 Å². The van der Waals surface area contributed by atoms with Crippen molar-refractivity contribution in [1.29, 1.82) is 0 Å². The van der Waals surface area contributed by atoms with Crippen LogP contribution in [0.15, 0.2) is 24.3 Å². The van der Waals surface area contributed by atoms with Crippen LogP contribution >= 0.6 is 0 Å². The van der Waals surface area contributed by atoms with Crippen LogP contribution in [0.4, 0.5) is 5.69 Å². The third-order valence-electron chi connectivity index (χ3n) is 5.01. The van der Waals surface area contributed by atoms with E-state index in [4.69, 9.17) is 4.74 Å². The average molecular weight is 332 g/mol. The number of carbonyl (C=O) groups excluding carboxylic acids is 2. The van der Waals surface area contributed by atoms with Crippen molar-refractivity contribution in [3.05, 3.63) is 29.8 Å². The number of esters is 1. The van der Waals surface area contributed by atoms with Gasteiger partial charge in [0.25, 0.3) is 5.91 Å². The molecule has 3 atom stereocenters. The average Bonchev–Trinajstić information content (AvgIpc) is 2.57. The van der Waals surface area contributed by atoms with Crippen molar-refractivity contribution in [2.24, 2.45) is 11.8 Å². The smallest absolute Gasteiger partial charge is 0.338 e. The van der Waals surface area contributed by atoms with E-state index in [1.54, 1.807) is 12.1 Å². The summed E-state index contributed by atoms with van der Waals surface area (Å²) in [6, 6.07) is 7.30. The molecule has 0 unspecified atom stereocenters. The molecule has 1 aliphatic rings. The molecule has 2 rings (SSSR count). The molecule has 0 radical (unpaired) electrons. The fraction of sp³-hybridized carbons (Fsp3) is 0.579. The fourth-order valence-electron chi connectivity index (χ4n) is 3.14. The minimum Gasteiger partial charge on any atom is -0.452 e. The minimum atomic E-state index is -0.472. The molecule has 0 saturated heterocycles. The zero-order chi connectivity index (χ0) is 17.7. The van der Waals surface area contributed by atoms with Crippen LogP contribution in [-0.4, -0.2) is 38.6 Å². The molecule has 1 saturated carbocycles. The van der Waals surface area contributed by atoms with Gasteiger partial charge in [-0.05, 0) is 42.5 Å². The molecular formula is C19H28N2O3. The Labute approximate surface area is 144 Å². The summed E-state index contributed by atoms with van der Waals surface area (Å²) in [5, 5.41) is 3.01. The Kier molecular flexibility index (Phi) is 6.23. The summed E-state index contributed by atoms with van der Waals surface area (Å²) in [7, 11) is 3.87. The lowest BCUT2D eigenvalue weighted by molar-refractivity contribution is -0.125. The molecule has 0 heterocycles. The zero-order valence-electron chi connectivity index (χ0n) is 15.0. The molecule has 5 heteroatoms. The minimum absolute atomic E-state index is 0.180. The van der Waals surface area contributed by atoms with Gasteiger partial charge < -0.3 is 15.0 Å². The van der Waals surface area contributed by atoms with Gasteiger partial charge in [-0.1, -0.05) is 26.7 Å². The number of anilines is 1. The predicted molar refractivity (Wildman–Crippen MR) is 95.2 cm³/mol. The van der Waals surface area contributed by atoms with E-state index in [0.29, 0.717) is 17.4 Å². The molecule has 1 aliphatic carbocycles. The molecule has 1 fully saturated rings. The van der Waals surface area contributed by atoms with Crippen molar-refractivity contribution in [1.82, 2.24) is 5.32 Å². The monoisotopic (exact) mass is 332 g/mol. The highest BCUT2D eigenvalue weighted by Gasteiger charge is 2.28. The van der Waals surface area contributed by atoms with Crippen molar-refractivity contribution < 1.29 is 14.3 Å². The first-order valence-corrected chi connectivity index (χ1v) is 8.62.